The van der Waals surface area contributed by atoms with Crippen LogP contribution in [-0.2, 0) is 14.3 Å². The number of carboxylic acids is 1. The highest BCUT2D eigenvalue weighted by atomic mass is 16.7. The van der Waals surface area contributed by atoms with E-state index in [2.05, 4.69) is 39.8 Å². The molecule has 2 atom stereocenters. The van der Waals surface area contributed by atoms with Gasteiger partial charge in [-0.25, -0.2) is 0 Å². The molecule has 1 saturated carbocycles. The van der Waals surface area contributed by atoms with Gasteiger partial charge in [-0.2, -0.15) is 0 Å². The topological polar surface area (TPSA) is 55.8 Å². The Balaban J connectivity index is 2.24. The van der Waals surface area contributed by atoms with Crippen molar-refractivity contribution in [2.75, 3.05) is 13.2 Å². The first-order valence-corrected chi connectivity index (χ1v) is 8.39. The van der Waals surface area contributed by atoms with Crippen LogP contribution in [-0.4, -0.2) is 30.1 Å². The number of rotatable bonds is 5. The maximum atomic E-state index is 11.2. The van der Waals surface area contributed by atoms with E-state index in [1.807, 2.05) is 0 Å². The molecule has 1 aliphatic heterocycles. The predicted molar refractivity (Wildman–Crippen MR) is 85.5 cm³/mol. The Labute approximate surface area is 133 Å². The molecule has 0 aromatic heterocycles. The molecular weight excluding hydrogens is 280 g/mol. The normalized spacial score (nSPS) is 33.5. The maximum Gasteiger partial charge on any atom is 0.303 e. The largest absolute Gasteiger partial charge is 0.481 e. The van der Waals surface area contributed by atoms with Crippen molar-refractivity contribution in [2.45, 2.75) is 65.6 Å². The van der Waals surface area contributed by atoms with Gasteiger partial charge in [-0.1, -0.05) is 39.8 Å². The SMILES string of the molecule is CC/C=C\CC1(C)C(CC(=O)O)CCC12OCC(C)(C)CO2. The third-order valence-electron chi connectivity index (χ3n) is 5.35. The van der Waals surface area contributed by atoms with Crippen molar-refractivity contribution < 1.29 is 19.4 Å². The zero-order chi connectivity index (χ0) is 16.4. The number of aliphatic carboxylic acids is 1. The third kappa shape index (κ3) is 3.23. The Kier molecular flexibility index (Phi) is 5.03. The van der Waals surface area contributed by atoms with E-state index < -0.39 is 11.8 Å². The molecule has 1 aliphatic carbocycles. The van der Waals surface area contributed by atoms with E-state index in [0.717, 1.165) is 25.7 Å². The van der Waals surface area contributed by atoms with Crippen LogP contribution in [0.15, 0.2) is 12.2 Å². The first-order chi connectivity index (χ1) is 10.2. The summed E-state index contributed by atoms with van der Waals surface area (Å²) in [6.07, 6.45) is 7.92. The lowest BCUT2D eigenvalue weighted by Gasteiger charge is -2.50. The molecule has 2 fully saturated rings. The van der Waals surface area contributed by atoms with E-state index in [1.165, 1.54) is 0 Å². The molecular formula is C18H30O4. The van der Waals surface area contributed by atoms with Gasteiger partial charge in [-0.05, 0) is 25.2 Å². The zero-order valence-electron chi connectivity index (χ0n) is 14.4. The summed E-state index contributed by atoms with van der Waals surface area (Å²) >= 11 is 0. The number of hydrogen-bond donors (Lipinski definition) is 1. The minimum atomic E-state index is -0.733. The van der Waals surface area contributed by atoms with Crippen LogP contribution in [0.4, 0.5) is 0 Å². The second kappa shape index (κ2) is 6.32. The lowest BCUT2D eigenvalue weighted by atomic mass is 9.71. The van der Waals surface area contributed by atoms with Gasteiger partial charge in [-0.3, -0.25) is 4.79 Å². The lowest BCUT2D eigenvalue weighted by Crippen LogP contribution is -2.55. The molecule has 126 valence electrons. The van der Waals surface area contributed by atoms with Gasteiger partial charge in [0.15, 0.2) is 5.79 Å². The maximum absolute atomic E-state index is 11.2. The van der Waals surface area contributed by atoms with Crippen molar-refractivity contribution >= 4 is 5.97 Å². The van der Waals surface area contributed by atoms with Crippen LogP contribution < -0.4 is 0 Å². The molecule has 1 saturated heterocycles. The van der Waals surface area contributed by atoms with Crippen LogP contribution in [0.25, 0.3) is 0 Å². The molecule has 4 nitrogen and oxygen atoms in total. The molecule has 22 heavy (non-hydrogen) atoms. The van der Waals surface area contributed by atoms with Crippen molar-refractivity contribution in [1.29, 1.82) is 0 Å². The summed E-state index contributed by atoms with van der Waals surface area (Å²) < 4.78 is 12.5. The number of ether oxygens (including phenoxy) is 2. The van der Waals surface area contributed by atoms with Crippen molar-refractivity contribution in [1.82, 2.24) is 0 Å². The molecule has 0 radical (unpaired) electrons. The lowest BCUT2D eigenvalue weighted by molar-refractivity contribution is -0.339. The Morgan fingerprint density at radius 3 is 2.41 bits per heavy atom. The highest BCUT2D eigenvalue weighted by Crippen LogP contribution is 2.58. The van der Waals surface area contributed by atoms with Gasteiger partial charge in [0, 0.05) is 23.7 Å². The molecule has 2 aliphatic rings. The van der Waals surface area contributed by atoms with Crippen LogP contribution in [0.3, 0.4) is 0 Å². The standard InChI is InChI=1S/C18H30O4/c1-5-6-7-9-17(4)14(11-15(19)20)8-10-18(17)21-12-16(2,3)13-22-18/h6-7,14H,5,8-13H2,1-4H3,(H,19,20)/b7-6-. The Morgan fingerprint density at radius 2 is 1.86 bits per heavy atom. The summed E-state index contributed by atoms with van der Waals surface area (Å²) in [5, 5.41) is 9.25. The first-order valence-electron chi connectivity index (χ1n) is 8.39. The second-order valence-corrected chi connectivity index (χ2v) is 7.83. The number of hydrogen-bond acceptors (Lipinski definition) is 3. The highest BCUT2D eigenvalue weighted by Gasteiger charge is 2.61. The molecule has 1 spiro atoms. The van der Waals surface area contributed by atoms with E-state index in [4.69, 9.17) is 9.47 Å². The van der Waals surface area contributed by atoms with E-state index in [1.54, 1.807) is 0 Å². The Morgan fingerprint density at radius 1 is 1.23 bits per heavy atom. The van der Waals surface area contributed by atoms with Crippen LogP contribution in [0, 0.1) is 16.7 Å². The first kappa shape index (κ1) is 17.5. The summed E-state index contributed by atoms with van der Waals surface area (Å²) in [7, 11) is 0. The van der Waals surface area contributed by atoms with E-state index in [9.17, 15) is 9.90 Å². The van der Waals surface area contributed by atoms with E-state index in [0.29, 0.717) is 13.2 Å². The minimum Gasteiger partial charge on any atom is -0.481 e. The molecule has 4 heteroatoms. The van der Waals surface area contributed by atoms with E-state index >= 15 is 0 Å². The van der Waals surface area contributed by atoms with Crippen LogP contribution >= 0.6 is 0 Å². The van der Waals surface area contributed by atoms with Crippen molar-refractivity contribution in [2.24, 2.45) is 16.7 Å². The third-order valence-corrected chi connectivity index (χ3v) is 5.35. The monoisotopic (exact) mass is 310 g/mol. The van der Waals surface area contributed by atoms with Crippen molar-refractivity contribution in [3.05, 3.63) is 12.2 Å². The van der Waals surface area contributed by atoms with Crippen LogP contribution in [0.5, 0.6) is 0 Å². The van der Waals surface area contributed by atoms with Crippen LogP contribution in [0.1, 0.15) is 59.8 Å². The number of carbonyl (C=O) groups is 1. The molecule has 1 N–H and O–H groups in total. The highest BCUT2D eigenvalue weighted by molar-refractivity contribution is 5.67. The Bertz CT molecular complexity index is 430. The average Bonchev–Trinajstić information content (AvgIpc) is 2.68. The molecule has 0 aromatic carbocycles. The summed E-state index contributed by atoms with van der Waals surface area (Å²) in [4.78, 5) is 11.2. The van der Waals surface area contributed by atoms with Gasteiger partial charge in [0.25, 0.3) is 0 Å². The van der Waals surface area contributed by atoms with Gasteiger partial charge in [0.05, 0.1) is 13.2 Å². The van der Waals surface area contributed by atoms with Gasteiger partial charge in [0.1, 0.15) is 0 Å². The summed E-state index contributed by atoms with van der Waals surface area (Å²) in [5.41, 5.74) is -0.260. The van der Waals surface area contributed by atoms with Crippen molar-refractivity contribution in [3.63, 3.8) is 0 Å². The number of carboxylic acid groups (broad SMARTS) is 1. The minimum absolute atomic E-state index is 0.0241. The molecule has 2 unspecified atom stereocenters. The van der Waals surface area contributed by atoms with Gasteiger partial charge >= 0.3 is 5.97 Å². The zero-order valence-corrected chi connectivity index (χ0v) is 14.4. The number of allylic oxidation sites excluding steroid dienone is 2. The molecule has 0 amide bonds. The molecule has 0 aromatic rings. The smallest absolute Gasteiger partial charge is 0.303 e. The fraction of sp³-hybridized carbons (Fsp3) is 0.833. The summed E-state index contributed by atoms with van der Waals surface area (Å²) in [5.74, 6) is -1.27. The summed E-state index contributed by atoms with van der Waals surface area (Å²) in [6, 6.07) is 0. The fourth-order valence-corrected chi connectivity index (χ4v) is 3.82. The fourth-order valence-electron chi connectivity index (χ4n) is 3.82. The van der Waals surface area contributed by atoms with Gasteiger partial charge < -0.3 is 14.6 Å². The van der Waals surface area contributed by atoms with Crippen LogP contribution in [0.2, 0.25) is 0 Å². The Hall–Kier alpha value is -0.870. The predicted octanol–water partition coefficient (Wildman–Crippen LogP) is 4.00. The quantitative estimate of drug-likeness (QED) is 0.780. The molecule has 0 bridgehead atoms. The van der Waals surface area contributed by atoms with Gasteiger partial charge in [-0.15, -0.1) is 0 Å². The molecule has 1 heterocycles. The average molecular weight is 310 g/mol. The van der Waals surface area contributed by atoms with Crippen molar-refractivity contribution in [3.8, 4) is 0 Å². The van der Waals surface area contributed by atoms with E-state index in [-0.39, 0.29) is 23.2 Å². The van der Waals surface area contributed by atoms with Gasteiger partial charge in [0.2, 0.25) is 0 Å². The second-order valence-electron chi connectivity index (χ2n) is 7.83. The molecule has 2 rings (SSSR count). The summed E-state index contributed by atoms with van der Waals surface area (Å²) in [6.45, 7) is 9.86.